The third-order valence-corrected chi connectivity index (χ3v) is 9.01. The summed E-state index contributed by atoms with van der Waals surface area (Å²) in [5.41, 5.74) is 3.12. The number of hydrogen-bond acceptors (Lipinski definition) is 6. The second kappa shape index (κ2) is 12.3. The number of hydrogen-bond donors (Lipinski definition) is 2. The van der Waals surface area contributed by atoms with Crippen LogP contribution < -0.4 is 10.6 Å². The van der Waals surface area contributed by atoms with E-state index in [0.717, 1.165) is 45.5 Å². The topological polar surface area (TPSA) is 89.4 Å². The molecule has 5 rings (SSSR count). The summed E-state index contributed by atoms with van der Waals surface area (Å²) in [5.74, 6) is -0.494. The van der Waals surface area contributed by atoms with Crippen LogP contribution in [0.25, 0.3) is 10.9 Å². The highest BCUT2D eigenvalue weighted by molar-refractivity contribution is 8.00. The van der Waals surface area contributed by atoms with Crippen molar-refractivity contribution in [1.29, 1.82) is 0 Å². The molecule has 0 saturated heterocycles. The molecular weight excluding hydrogens is 554 g/mol. The molecule has 2 N–H and O–H groups in total. The van der Waals surface area contributed by atoms with Crippen LogP contribution in [0.1, 0.15) is 44.5 Å². The molecule has 0 aliphatic heterocycles. The van der Waals surface area contributed by atoms with Crippen molar-refractivity contribution in [2.45, 2.75) is 37.6 Å². The highest BCUT2D eigenvalue weighted by atomic mass is 35.5. The maximum atomic E-state index is 13.0. The smallest absolute Gasteiger partial charge is 0.341 e. The molecule has 0 bridgehead atoms. The number of para-hydroxylation sites is 1. The Morgan fingerprint density at radius 3 is 2.69 bits per heavy atom. The van der Waals surface area contributed by atoms with Gasteiger partial charge in [-0.3, -0.25) is 9.59 Å². The molecule has 0 atom stereocenters. The quantitative estimate of drug-likeness (QED) is 0.172. The molecule has 0 saturated carbocycles. The van der Waals surface area contributed by atoms with E-state index in [0.29, 0.717) is 40.8 Å². The number of thiophene rings is 1. The van der Waals surface area contributed by atoms with E-state index in [1.165, 1.54) is 23.1 Å². The molecule has 2 aromatic carbocycles. The van der Waals surface area contributed by atoms with E-state index in [1.807, 2.05) is 30.5 Å². The summed E-state index contributed by atoms with van der Waals surface area (Å²) in [4.78, 5) is 40.1. The monoisotopic (exact) mass is 581 g/mol. The Labute approximate surface area is 239 Å². The first kappa shape index (κ1) is 27.3. The fourth-order valence-corrected chi connectivity index (χ4v) is 7.03. The fraction of sp³-hybridized carbons (Fsp3) is 0.276. The molecule has 39 heavy (non-hydrogen) atoms. The lowest BCUT2D eigenvalue weighted by Crippen LogP contribution is -2.27. The first-order valence-electron chi connectivity index (χ1n) is 12.8. The van der Waals surface area contributed by atoms with Gasteiger partial charge in [-0.25, -0.2) is 4.79 Å². The van der Waals surface area contributed by atoms with Crippen LogP contribution in [0.5, 0.6) is 0 Å². The number of esters is 1. The third kappa shape index (κ3) is 6.16. The van der Waals surface area contributed by atoms with Crippen molar-refractivity contribution >= 4 is 68.4 Å². The second-order valence-corrected chi connectivity index (χ2v) is 11.6. The summed E-state index contributed by atoms with van der Waals surface area (Å²) >= 11 is 8.84. The molecule has 7 nitrogen and oxygen atoms in total. The SMILES string of the molecule is CCOC(=O)c1c(NC(=O)CSc2cn(CCNC(=O)c3ccc(Cl)cc3)c3ccccc23)sc2c1CCC2. The van der Waals surface area contributed by atoms with Crippen molar-refractivity contribution in [2.24, 2.45) is 0 Å². The van der Waals surface area contributed by atoms with E-state index in [1.54, 1.807) is 31.2 Å². The van der Waals surface area contributed by atoms with Gasteiger partial charge in [0.25, 0.3) is 5.91 Å². The summed E-state index contributed by atoms with van der Waals surface area (Å²) in [7, 11) is 0. The Balaban J connectivity index is 1.23. The number of nitrogens with one attached hydrogen (secondary N) is 2. The lowest BCUT2D eigenvalue weighted by molar-refractivity contribution is -0.113. The summed E-state index contributed by atoms with van der Waals surface area (Å²) in [5, 5.41) is 8.13. The number of benzene rings is 2. The number of aryl methyl sites for hydroxylation is 1. The van der Waals surface area contributed by atoms with Crippen molar-refractivity contribution in [2.75, 3.05) is 24.2 Å². The zero-order chi connectivity index (χ0) is 27.4. The minimum absolute atomic E-state index is 0.156. The number of nitrogens with zero attached hydrogens (tertiary/aromatic N) is 1. The lowest BCUT2D eigenvalue weighted by atomic mass is 10.1. The third-order valence-electron chi connectivity index (χ3n) is 6.51. The van der Waals surface area contributed by atoms with Crippen LogP contribution in [0, 0.1) is 0 Å². The van der Waals surface area contributed by atoms with Gasteiger partial charge >= 0.3 is 5.97 Å². The lowest BCUT2D eigenvalue weighted by Gasteiger charge is -2.08. The predicted molar refractivity (Wildman–Crippen MR) is 157 cm³/mol. The van der Waals surface area contributed by atoms with Gasteiger partial charge in [-0.15, -0.1) is 23.1 Å². The Bertz CT molecular complexity index is 1530. The van der Waals surface area contributed by atoms with Crippen LogP contribution in [-0.2, 0) is 28.9 Å². The van der Waals surface area contributed by atoms with Crippen molar-refractivity contribution in [1.82, 2.24) is 9.88 Å². The molecule has 10 heteroatoms. The van der Waals surface area contributed by atoms with Crippen LogP contribution in [0.3, 0.4) is 0 Å². The maximum Gasteiger partial charge on any atom is 0.341 e. The molecule has 0 spiro atoms. The average molecular weight is 582 g/mol. The van der Waals surface area contributed by atoms with Gasteiger partial charge in [0.1, 0.15) is 5.00 Å². The van der Waals surface area contributed by atoms with Crippen molar-refractivity contribution in [3.05, 3.63) is 81.3 Å². The van der Waals surface area contributed by atoms with E-state index in [2.05, 4.69) is 15.2 Å². The Morgan fingerprint density at radius 2 is 1.90 bits per heavy atom. The maximum absolute atomic E-state index is 13.0. The van der Waals surface area contributed by atoms with Crippen LogP contribution in [0.2, 0.25) is 5.02 Å². The molecule has 1 aliphatic carbocycles. The number of ether oxygens (including phenoxy) is 1. The second-order valence-electron chi connectivity index (χ2n) is 9.09. The van der Waals surface area contributed by atoms with Gasteiger partial charge in [0, 0.05) is 50.5 Å². The number of rotatable bonds is 10. The van der Waals surface area contributed by atoms with Gasteiger partial charge in [0.2, 0.25) is 5.91 Å². The predicted octanol–water partition coefficient (Wildman–Crippen LogP) is 6.18. The van der Waals surface area contributed by atoms with Crippen LogP contribution in [-0.4, -0.2) is 41.3 Å². The number of anilines is 1. The first-order valence-corrected chi connectivity index (χ1v) is 15.0. The molecule has 2 amide bonds. The number of thioether (sulfide) groups is 1. The summed E-state index contributed by atoms with van der Waals surface area (Å²) in [6.07, 6.45) is 4.80. The van der Waals surface area contributed by atoms with Crippen LogP contribution in [0.15, 0.2) is 59.6 Å². The zero-order valence-corrected chi connectivity index (χ0v) is 23.8. The molecule has 202 valence electrons. The standard InChI is InChI=1S/C29H28ClN3O4S2/c1-2-37-29(36)26-21-7-5-9-23(21)39-28(26)32-25(34)17-38-24-16-33(22-8-4-3-6-20(22)24)15-14-31-27(35)18-10-12-19(30)13-11-18/h3-4,6,8,10-13,16H,2,5,7,9,14-15,17H2,1H3,(H,31,35)(H,32,34). The minimum Gasteiger partial charge on any atom is -0.462 e. The molecule has 0 radical (unpaired) electrons. The summed E-state index contributed by atoms with van der Waals surface area (Å²) < 4.78 is 7.35. The highest BCUT2D eigenvalue weighted by Crippen LogP contribution is 2.40. The Kier molecular flexibility index (Phi) is 8.60. The van der Waals surface area contributed by atoms with E-state index >= 15 is 0 Å². The van der Waals surface area contributed by atoms with E-state index in [4.69, 9.17) is 16.3 Å². The highest BCUT2D eigenvalue weighted by Gasteiger charge is 2.28. The van der Waals surface area contributed by atoms with Gasteiger partial charge in [-0.05, 0) is 62.1 Å². The van der Waals surface area contributed by atoms with Crippen LogP contribution >= 0.6 is 34.7 Å². The van der Waals surface area contributed by atoms with E-state index in [9.17, 15) is 14.4 Å². The molecule has 2 aromatic heterocycles. The summed E-state index contributed by atoms with van der Waals surface area (Å²) in [6, 6.07) is 14.8. The summed E-state index contributed by atoms with van der Waals surface area (Å²) in [6.45, 7) is 3.10. The fourth-order valence-electron chi connectivity index (χ4n) is 4.72. The number of aromatic nitrogens is 1. The van der Waals surface area contributed by atoms with Crippen LogP contribution in [0.4, 0.5) is 5.00 Å². The van der Waals surface area contributed by atoms with E-state index in [-0.39, 0.29) is 23.5 Å². The molecule has 2 heterocycles. The average Bonchev–Trinajstić information content (AvgIpc) is 3.61. The number of carbonyl (C=O) groups excluding carboxylic acids is 3. The van der Waals surface area contributed by atoms with Gasteiger partial charge in [-0.1, -0.05) is 29.8 Å². The van der Waals surface area contributed by atoms with E-state index < -0.39 is 0 Å². The minimum atomic E-state index is -0.369. The largest absolute Gasteiger partial charge is 0.462 e. The number of fused-ring (bicyclic) bond motifs is 2. The molecule has 0 unspecified atom stereocenters. The van der Waals surface area contributed by atoms with Gasteiger partial charge in [-0.2, -0.15) is 0 Å². The van der Waals surface area contributed by atoms with Crippen molar-refractivity contribution in [3.8, 4) is 0 Å². The normalized spacial score (nSPS) is 12.4. The molecule has 1 aliphatic rings. The molecular formula is C29H28ClN3O4S2. The zero-order valence-electron chi connectivity index (χ0n) is 21.4. The Morgan fingerprint density at radius 1 is 1.10 bits per heavy atom. The number of amides is 2. The molecule has 4 aromatic rings. The van der Waals surface area contributed by atoms with Gasteiger partial charge in [0.15, 0.2) is 0 Å². The molecule has 0 fully saturated rings. The first-order chi connectivity index (χ1) is 18.9. The van der Waals surface area contributed by atoms with Crippen molar-refractivity contribution in [3.63, 3.8) is 0 Å². The number of carbonyl (C=O) groups is 3. The Hall–Kier alpha value is -3.27. The van der Waals surface area contributed by atoms with Crippen molar-refractivity contribution < 1.29 is 19.1 Å². The van der Waals surface area contributed by atoms with Gasteiger partial charge < -0.3 is 19.9 Å². The van der Waals surface area contributed by atoms with Gasteiger partial charge in [0.05, 0.1) is 17.9 Å². The number of halogens is 1.